The second-order valence-corrected chi connectivity index (χ2v) is 4.79. The molecule has 3 aromatic rings. The standard InChI is InChI=1S/C16H17N3O2/c1-21-13-6-7-15-14(10-13)18-16(19(15)8-9-20)11-2-4-12(17)5-3-11/h2-7,10,20H,8-9,17H2,1H3. The number of nitrogen functional groups attached to an aromatic ring is 1. The van der Waals surface area contributed by atoms with E-state index in [1.807, 2.05) is 47.0 Å². The minimum atomic E-state index is 0.0550. The minimum absolute atomic E-state index is 0.0550. The Labute approximate surface area is 122 Å². The molecule has 0 spiro atoms. The highest BCUT2D eigenvalue weighted by atomic mass is 16.5. The quantitative estimate of drug-likeness (QED) is 0.720. The van der Waals surface area contributed by atoms with E-state index in [2.05, 4.69) is 4.98 Å². The molecule has 21 heavy (non-hydrogen) atoms. The summed E-state index contributed by atoms with van der Waals surface area (Å²) < 4.78 is 7.24. The molecule has 0 aliphatic rings. The number of ether oxygens (including phenoxy) is 1. The third-order valence-corrected chi connectivity index (χ3v) is 3.45. The molecule has 0 unspecified atom stereocenters. The van der Waals surface area contributed by atoms with E-state index < -0.39 is 0 Å². The number of fused-ring (bicyclic) bond motifs is 1. The Morgan fingerprint density at radius 2 is 1.95 bits per heavy atom. The molecule has 2 aromatic carbocycles. The van der Waals surface area contributed by atoms with Gasteiger partial charge in [0.25, 0.3) is 0 Å². The smallest absolute Gasteiger partial charge is 0.141 e. The molecule has 0 saturated heterocycles. The van der Waals surface area contributed by atoms with Crippen molar-refractivity contribution in [3.63, 3.8) is 0 Å². The maximum absolute atomic E-state index is 9.32. The number of hydrogen-bond acceptors (Lipinski definition) is 4. The van der Waals surface area contributed by atoms with Gasteiger partial charge >= 0.3 is 0 Å². The second kappa shape index (κ2) is 5.46. The lowest BCUT2D eigenvalue weighted by molar-refractivity contribution is 0.278. The average Bonchev–Trinajstić information content (AvgIpc) is 2.86. The Bertz CT molecular complexity index is 763. The zero-order valence-electron chi connectivity index (χ0n) is 11.8. The number of aromatic nitrogens is 2. The fourth-order valence-corrected chi connectivity index (χ4v) is 2.42. The summed E-state index contributed by atoms with van der Waals surface area (Å²) in [6.07, 6.45) is 0. The summed E-state index contributed by atoms with van der Waals surface area (Å²) in [5.74, 6) is 1.58. The molecule has 1 heterocycles. The van der Waals surface area contributed by atoms with Gasteiger partial charge in [-0.2, -0.15) is 0 Å². The van der Waals surface area contributed by atoms with E-state index >= 15 is 0 Å². The number of aliphatic hydroxyl groups excluding tert-OH is 1. The van der Waals surface area contributed by atoms with Gasteiger partial charge in [-0.15, -0.1) is 0 Å². The van der Waals surface area contributed by atoms with E-state index in [1.165, 1.54) is 0 Å². The summed E-state index contributed by atoms with van der Waals surface area (Å²) in [5, 5.41) is 9.32. The van der Waals surface area contributed by atoms with Crippen LogP contribution in [0.25, 0.3) is 22.4 Å². The molecule has 0 bridgehead atoms. The molecule has 1 aromatic heterocycles. The van der Waals surface area contributed by atoms with Gasteiger partial charge in [-0.05, 0) is 36.4 Å². The van der Waals surface area contributed by atoms with Crippen molar-refractivity contribution in [1.29, 1.82) is 0 Å². The van der Waals surface area contributed by atoms with E-state index in [0.29, 0.717) is 12.2 Å². The zero-order chi connectivity index (χ0) is 14.8. The van der Waals surface area contributed by atoms with Gasteiger partial charge in [0.2, 0.25) is 0 Å². The third-order valence-electron chi connectivity index (χ3n) is 3.45. The van der Waals surface area contributed by atoms with Crippen molar-refractivity contribution in [3.8, 4) is 17.1 Å². The lowest BCUT2D eigenvalue weighted by Gasteiger charge is -2.07. The fourth-order valence-electron chi connectivity index (χ4n) is 2.42. The van der Waals surface area contributed by atoms with E-state index in [-0.39, 0.29) is 6.61 Å². The first-order valence-corrected chi connectivity index (χ1v) is 6.74. The molecule has 0 aliphatic carbocycles. The highest BCUT2D eigenvalue weighted by molar-refractivity contribution is 5.82. The predicted molar refractivity (Wildman–Crippen MR) is 83.2 cm³/mol. The molecule has 0 saturated carbocycles. The molecule has 0 atom stereocenters. The summed E-state index contributed by atoms with van der Waals surface area (Å²) in [4.78, 5) is 4.67. The summed E-state index contributed by atoms with van der Waals surface area (Å²) >= 11 is 0. The third kappa shape index (κ3) is 2.43. The van der Waals surface area contributed by atoms with Crippen LogP contribution in [0.1, 0.15) is 0 Å². The van der Waals surface area contributed by atoms with Gasteiger partial charge in [0.05, 0.1) is 24.8 Å². The largest absolute Gasteiger partial charge is 0.497 e. The lowest BCUT2D eigenvalue weighted by atomic mass is 10.2. The Hall–Kier alpha value is -2.53. The van der Waals surface area contributed by atoms with Gasteiger partial charge in [-0.1, -0.05) is 0 Å². The van der Waals surface area contributed by atoms with Crippen molar-refractivity contribution in [1.82, 2.24) is 9.55 Å². The number of hydrogen-bond donors (Lipinski definition) is 2. The summed E-state index contributed by atoms with van der Waals surface area (Å²) in [6.45, 7) is 0.544. The van der Waals surface area contributed by atoms with E-state index in [9.17, 15) is 5.11 Å². The van der Waals surface area contributed by atoms with E-state index in [1.54, 1.807) is 7.11 Å². The molecular weight excluding hydrogens is 266 g/mol. The Morgan fingerprint density at radius 1 is 1.19 bits per heavy atom. The number of rotatable bonds is 4. The van der Waals surface area contributed by atoms with Crippen LogP contribution in [-0.2, 0) is 6.54 Å². The normalized spacial score (nSPS) is 11.0. The summed E-state index contributed by atoms with van der Waals surface area (Å²) in [6, 6.07) is 13.3. The second-order valence-electron chi connectivity index (χ2n) is 4.79. The molecule has 108 valence electrons. The van der Waals surface area contributed by atoms with Gasteiger partial charge < -0.3 is 20.1 Å². The van der Waals surface area contributed by atoms with Gasteiger partial charge in [-0.3, -0.25) is 0 Å². The van der Waals surface area contributed by atoms with Crippen LogP contribution in [0.2, 0.25) is 0 Å². The molecule has 0 radical (unpaired) electrons. The van der Waals surface area contributed by atoms with Crippen LogP contribution >= 0.6 is 0 Å². The van der Waals surface area contributed by atoms with Crippen molar-refractivity contribution in [2.24, 2.45) is 0 Å². The SMILES string of the molecule is COc1ccc2c(c1)nc(-c1ccc(N)cc1)n2CCO. The van der Waals surface area contributed by atoms with Crippen LogP contribution in [-0.4, -0.2) is 28.4 Å². The number of benzene rings is 2. The highest BCUT2D eigenvalue weighted by Gasteiger charge is 2.12. The van der Waals surface area contributed by atoms with Crippen LogP contribution in [0.3, 0.4) is 0 Å². The maximum atomic E-state index is 9.32. The fraction of sp³-hybridized carbons (Fsp3) is 0.188. The van der Waals surface area contributed by atoms with Crippen molar-refractivity contribution < 1.29 is 9.84 Å². The average molecular weight is 283 g/mol. The molecule has 3 N–H and O–H groups in total. The molecule has 0 amide bonds. The van der Waals surface area contributed by atoms with Gasteiger partial charge in [0, 0.05) is 23.9 Å². The number of methoxy groups -OCH3 is 1. The van der Waals surface area contributed by atoms with Gasteiger partial charge in [0.15, 0.2) is 0 Å². The van der Waals surface area contributed by atoms with Crippen molar-refractivity contribution >= 4 is 16.7 Å². The molecule has 0 fully saturated rings. The van der Waals surface area contributed by atoms with Crippen LogP contribution in [0.4, 0.5) is 5.69 Å². The molecule has 5 nitrogen and oxygen atoms in total. The molecule has 0 aliphatic heterocycles. The first-order valence-electron chi connectivity index (χ1n) is 6.74. The number of nitrogens with two attached hydrogens (primary N) is 1. The maximum Gasteiger partial charge on any atom is 0.141 e. The first-order chi connectivity index (χ1) is 10.2. The van der Waals surface area contributed by atoms with Crippen molar-refractivity contribution in [2.75, 3.05) is 19.5 Å². The van der Waals surface area contributed by atoms with Crippen molar-refractivity contribution in [3.05, 3.63) is 42.5 Å². The van der Waals surface area contributed by atoms with Crippen LogP contribution in [0.5, 0.6) is 5.75 Å². The molecule has 3 rings (SSSR count). The Morgan fingerprint density at radius 3 is 2.62 bits per heavy atom. The predicted octanol–water partition coefficient (Wildman–Crippen LogP) is 2.29. The van der Waals surface area contributed by atoms with E-state index in [4.69, 9.17) is 10.5 Å². The number of aliphatic hydroxyl groups is 1. The van der Waals surface area contributed by atoms with Crippen molar-refractivity contribution in [2.45, 2.75) is 6.54 Å². The highest BCUT2D eigenvalue weighted by Crippen LogP contribution is 2.27. The zero-order valence-corrected chi connectivity index (χ0v) is 11.8. The number of anilines is 1. The van der Waals surface area contributed by atoms with Crippen LogP contribution in [0.15, 0.2) is 42.5 Å². The van der Waals surface area contributed by atoms with Gasteiger partial charge in [0.1, 0.15) is 11.6 Å². The molecular formula is C16H17N3O2. The van der Waals surface area contributed by atoms with E-state index in [0.717, 1.165) is 28.2 Å². The first kappa shape index (κ1) is 13.5. The summed E-state index contributed by atoms with van der Waals surface area (Å²) in [5.41, 5.74) is 9.22. The topological polar surface area (TPSA) is 73.3 Å². The number of imidazole rings is 1. The van der Waals surface area contributed by atoms with Gasteiger partial charge in [-0.25, -0.2) is 4.98 Å². The Balaban J connectivity index is 2.20. The Kier molecular flexibility index (Phi) is 3.50. The molecule has 5 heteroatoms. The van der Waals surface area contributed by atoms with Crippen LogP contribution in [0, 0.1) is 0 Å². The lowest BCUT2D eigenvalue weighted by Crippen LogP contribution is -2.04. The monoisotopic (exact) mass is 283 g/mol. The minimum Gasteiger partial charge on any atom is -0.497 e. The number of nitrogens with zero attached hydrogens (tertiary/aromatic N) is 2. The van der Waals surface area contributed by atoms with Crippen LogP contribution < -0.4 is 10.5 Å². The summed E-state index contributed by atoms with van der Waals surface area (Å²) in [7, 11) is 1.63.